The molecule has 26 nitrogen and oxygen atoms in total. The molecule has 0 radical (unpaired) electrons. The van der Waals surface area contributed by atoms with E-state index in [1.165, 1.54) is 96.7 Å². The van der Waals surface area contributed by atoms with Crippen LogP contribution >= 0.6 is 12.0 Å². The van der Waals surface area contributed by atoms with Crippen LogP contribution in [0, 0.1) is 0 Å². The van der Waals surface area contributed by atoms with E-state index in [0.29, 0.717) is 34.7 Å². The van der Waals surface area contributed by atoms with Gasteiger partial charge in [-0.3, -0.25) is 19.4 Å². The van der Waals surface area contributed by atoms with Gasteiger partial charge in [0.1, 0.15) is 16.7 Å². The van der Waals surface area contributed by atoms with Crippen molar-refractivity contribution in [3.05, 3.63) is 107 Å². The Morgan fingerprint density at radius 1 is 0.653 bits per heavy atom. The number of carbonyl (C=O) groups is 4. The first kappa shape index (κ1) is 63.6. The fourth-order valence-corrected chi connectivity index (χ4v) is 7.01. The number of carboxylic acids is 2. The molecule has 0 fully saturated rings. The van der Waals surface area contributed by atoms with Gasteiger partial charge in [-0.2, -0.15) is 34.2 Å². The van der Waals surface area contributed by atoms with Crippen LogP contribution in [0.25, 0.3) is 12.2 Å². The van der Waals surface area contributed by atoms with Crippen molar-refractivity contribution < 1.29 is 177 Å². The van der Waals surface area contributed by atoms with Crippen molar-refractivity contribution in [2.45, 2.75) is 9.79 Å². The van der Waals surface area contributed by atoms with Gasteiger partial charge in [0.2, 0.25) is 47.5 Å². The maximum atomic E-state index is 12.6. The molecular weight excluding hydrogens is 1020 g/mol. The predicted octanol–water partition coefficient (Wildman–Crippen LogP) is -10.6. The number of aliphatic carboxylic acids is 2. The molecule has 2 heterocycles. The zero-order chi connectivity index (χ0) is 49.1. The van der Waals surface area contributed by atoms with Crippen LogP contribution in [0.3, 0.4) is 0 Å². The Morgan fingerprint density at radius 3 is 1.44 bits per heavy atom. The van der Waals surface area contributed by atoms with Crippen LogP contribution in [-0.2, 0) is 29.1 Å². The average molecular weight is 1060 g/mol. The number of nitrogens with zero attached hydrogens (tertiary/aromatic N) is 8. The molecule has 354 valence electrons. The maximum absolute atomic E-state index is 12.6. The number of nitrogens with one attached hydrogen (secondary N) is 4. The molecule has 0 aliphatic heterocycles. The molecule has 4 aromatic carbocycles. The summed E-state index contributed by atoms with van der Waals surface area (Å²) in [7, 11) is -2.33. The maximum Gasteiger partial charge on any atom is 1.00 e. The topological polar surface area (TPSA) is 394 Å². The van der Waals surface area contributed by atoms with Crippen LogP contribution in [0.4, 0.5) is 58.4 Å². The standard InChI is InChI=1S/C40H38N14O12S2.4Na.H/c1-53(19-31(55)56)39-49-35(43-25-11-7-23(8-12-25)33(41)59)47-37(51-39)45-27-15-5-21(29(17-27)67-66-65-61)3-4-22-6-16-28(18-30(22)68(62,63)64)46-38-48-36(50-40(52-38)54(2)20-32(57)58)44-26-13-9-24(10-14-26)34(42)60;;;;;/h3-18,61H,19-20H2,1-2H3,(H2,41,59)(H2,42,60)(H,55,56)(H,57,58)(H,62,63,64)(H2,43,45,47,49,51)(H2,44,46,48,50,52);;;;;/q;4*+1;-1/p-3/b4-3+;;;;;. The summed E-state index contributed by atoms with van der Waals surface area (Å²) < 4.78 is 42.5. The number of amides is 2. The summed E-state index contributed by atoms with van der Waals surface area (Å²) in [5.74, 6) is -4.46. The molecule has 9 N–H and O–H groups in total. The zero-order valence-electron chi connectivity index (χ0n) is 40.1. The number of nitrogens with two attached hydrogens (primary N) is 2. The molecule has 0 aliphatic carbocycles. The molecule has 0 aliphatic rings. The summed E-state index contributed by atoms with van der Waals surface area (Å²) in [5, 5.41) is 46.8. The number of hydrogen-bond donors (Lipinski definition) is 7. The van der Waals surface area contributed by atoms with E-state index < -0.39 is 51.9 Å². The van der Waals surface area contributed by atoms with E-state index in [-0.39, 0.29) is 183 Å². The Hall–Kier alpha value is -4.54. The zero-order valence-corrected chi connectivity index (χ0v) is 48.8. The fourth-order valence-electron chi connectivity index (χ4n) is 5.80. The number of aromatic nitrogens is 6. The first-order chi connectivity index (χ1) is 32.3. The van der Waals surface area contributed by atoms with E-state index >= 15 is 0 Å². The van der Waals surface area contributed by atoms with E-state index in [4.69, 9.17) is 11.5 Å². The molecule has 6 aromatic rings. The third kappa shape index (κ3) is 18.7. The first-order valence-corrected chi connectivity index (χ1v) is 21.3. The van der Waals surface area contributed by atoms with Crippen LogP contribution in [0.2, 0.25) is 0 Å². The number of likely N-dealkylation sites (N-methyl/N-ethyl adjacent to an activating group) is 2. The minimum atomic E-state index is -5.15. The molecule has 2 aromatic heterocycles. The summed E-state index contributed by atoms with van der Waals surface area (Å²) in [6.07, 6.45) is 2.73. The van der Waals surface area contributed by atoms with Gasteiger partial charge in [0.05, 0.1) is 29.5 Å². The Labute approximate surface area is 504 Å². The van der Waals surface area contributed by atoms with Crippen molar-refractivity contribution in [2.75, 3.05) is 58.3 Å². The van der Waals surface area contributed by atoms with E-state index in [9.17, 15) is 47.6 Å². The second-order valence-electron chi connectivity index (χ2n) is 13.9. The number of carbonyl (C=O) groups excluding carboxylic acids is 3. The summed E-state index contributed by atoms with van der Waals surface area (Å²) in [6.45, 7) is -1.08. The molecule has 32 heteroatoms. The molecule has 0 saturated heterocycles. The predicted molar refractivity (Wildman–Crippen MR) is 241 cm³/mol. The summed E-state index contributed by atoms with van der Waals surface area (Å²) in [4.78, 5) is 73.6. The van der Waals surface area contributed by atoms with E-state index in [0.717, 1.165) is 6.07 Å². The Bertz CT molecular complexity index is 3030. The van der Waals surface area contributed by atoms with Crippen molar-refractivity contribution in [3.63, 3.8) is 0 Å². The van der Waals surface area contributed by atoms with Crippen LogP contribution in [0.1, 0.15) is 33.3 Å². The number of hydrogen-bond acceptors (Lipinski definition) is 24. The first-order valence-electron chi connectivity index (χ1n) is 19.1. The minimum Gasteiger partial charge on any atom is -1.00 e. The van der Waals surface area contributed by atoms with Crippen LogP contribution < -0.4 is 171 Å². The van der Waals surface area contributed by atoms with Crippen LogP contribution in [0.15, 0.2) is 94.7 Å². The Kier molecular flexibility index (Phi) is 25.9. The van der Waals surface area contributed by atoms with Gasteiger partial charge < -0.3 is 68.8 Å². The molecule has 72 heavy (non-hydrogen) atoms. The van der Waals surface area contributed by atoms with Gasteiger partial charge in [0, 0.05) is 52.9 Å². The smallest absolute Gasteiger partial charge is 1.00 e. The van der Waals surface area contributed by atoms with Crippen molar-refractivity contribution >= 4 is 117 Å². The second-order valence-corrected chi connectivity index (χ2v) is 16.0. The van der Waals surface area contributed by atoms with Crippen molar-refractivity contribution in [3.8, 4) is 0 Å². The fraction of sp³-hybridized carbons (Fsp3) is 0.100. The van der Waals surface area contributed by atoms with Gasteiger partial charge in [-0.1, -0.05) is 24.3 Å². The Morgan fingerprint density at radius 2 is 1.04 bits per heavy atom. The van der Waals surface area contributed by atoms with Crippen molar-refractivity contribution in [1.82, 2.24) is 29.9 Å². The van der Waals surface area contributed by atoms with Gasteiger partial charge in [-0.05, 0) is 83.9 Å². The number of benzene rings is 4. The monoisotopic (exact) mass is 1060 g/mol. The third-order valence-corrected chi connectivity index (χ3v) is 10.5. The Balaban J connectivity index is 0.00000533. The van der Waals surface area contributed by atoms with Crippen molar-refractivity contribution in [1.29, 1.82) is 0 Å². The number of carboxylic acid groups (broad SMARTS) is 2. The quantitative estimate of drug-likeness (QED) is 0.00829. The van der Waals surface area contributed by atoms with Crippen LogP contribution in [-0.4, -0.2) is 98.9 Å². The van der Waals surface area contributed by atoms with Crippen LogP contribution in [0.5, 0.6) is 0 Å². The van der Waals surface area contributed by atoms with Gasteiger partial charge >= 0.3 is 124 Å². The molecule has 0 spiro atoms. The molecular formula is C40H36N14Na4O12S2. The second kappa shape index (κ2) is 29.4. The molecule has 0 bridgehead atoms. The third-order valence-electron chi connectivity index (χ3n) is 8.92. The summed E-state index contributed by atoms with van der Waals surface area (Å²) >= 11 is 0.479. The molecule has 0 atom stereocenters. The van der Waals surface area contributed by atoms with E-state index in [2.05, 4.69) is 60.5 Å². The SMILES string of the molecule is CN(CC(=O)[O-])c1nc(Nc2ccc(C(N)=O)cc2)nc(Nc2ccc(/C=C/c3ccc(Nc4nc(Nc5ccc(C(N)=O)cc5)nc(N(C)CC(=O)O)n4)cc3S(=O)(=O)[O-])c(SOO[O-])c2)n1.[H-].[Na+].[Na+].[Na+].[Na+]. The number of rotatable bonds is 22. The number of primary amides is 2. The summed E-state index contributed by atoms with van der Waals surface area (Å²) in [5.41, 5.74) is 12.6. The van der Waals surface area contributed by atoms with Gasteiger partial charge in [0.25, 0.3) is 0 Å². The average Bonchev–Trinajstić information content (AvgIpc) is 3.27. The van der Waals surface area contributed by atoms with Gasteiger partial charge in [-0.25, -0.2) is 8.42 Å². The van der Waals surface area contributed by atoms with Crippen molar-refractivity contribution in [2.24, 2.45) is 11.5 Å². The molecule has 0 saturated carbocycles. The molecule has 6 rings (SSSR count). The molecule has 2 amide bonds. The van der Waals surface area contributed by atoms with Gasteiger partial charge in [0.15, 0.2) is 0 Å². The molecule has 0 unspecified atom stereocenters. The number of anilines is 10. The van der Waals surface area contributed by atoms with E-state index in [1.807, 2.05) is 0 Å². The largest absolute Gasteiger partial charge is 1.00 e. The summed E-state index contributed by atoms with van der Waals surface area (Å²) in [6, 6.07) is 20.3. The van der Waals surface area contributed by atoms with E-state index in [1.54, 1.807) is 18.2 Å². The van der Waals surface area contributed by atoms with Gasteiger partial charge in [-0.15, -0.1) is 0 Å². The normalized spacial score (nSPS) is 10.6. The minimum absolute atomic E-state index is 0.